The standard InChI is InChI=1S/C30H31ClF2N4O3/c1-3-29(39,28(33)10-12-35-13-11-28)23-14-21(19-38)27(26(32)15-23)30(40,22-5-7-24(31)8-6-22)37(2)18-25-9-4-20(16-34)17-36-25/h4-9,14-15,17,19,35,39-40H,3,10-13,18H2,1-2H3/t29?,30-/m1/s1. The minimum Gasteiger partial charge on any atom is -0.382 e. The van der Waals surface area contributed by atoms with Gasteiger partial charge in [0.2, 0.25) is 0 Å². The second-order valence-electron chi connectivity index (χ2n) is 10.2. The van der Waals surface area contributed by atoms with Gasteiger partial charge in [0.25, 0.3) is 0 Å². The van der Waals surface area contributed by atoms with E-state index in [0.29, 0.717) is 35.7 Å². The van der Waals surface area contributed by atoms with Crippen LogP contribution in [0, 0.1) is 17.1 Å². The molecule has 0 radical (unpaired) electrons. The first kappa shape index (κ1) is 29.7. The Bertz CT molecular complexity index is 1410. The summed E-state index contributed by atoms with van der Waals surface area (Å²) >= 11 is 6.08. The minimum absolute atomic E-state index is 0.00378. The molecule has 2 heterocycles. The molecule has 0 spiro atoms. The van der Waals surface area contributed by atoms with Crippen molar-refractivity contribution in [1.29, 1.82) is 5.26 Å². The Balaban J connectivity index is 1.87. The predicted molar refractivity (Wildman–Crippen MR) is 147 cm³/mol. The lowest BCUT2D eigenvalue weighted by atomic mass is 9.71. The molecule has 0 bridgehead atoms. The molecule has 3 N–H and O–H groups in total. The van der Waals surface area contributed by atoms with Gasteiger partial charge in [-0.3, -0.25) is 14.7 Å². The van der Waals surface area contributed by atoms with Gasteiger partial charge in [0.05, 0.1) is 11.3 Å². The number of piperidine rings is 1. The van der Waals surface area contributed by atoms with Gasteiger partial charge in [-0.25, -0.2) is 8.78 Å². The molecule has 0 saturated carbocycles. The molecule has 40 heavy (non-hydrogen) atoms. The van der Waals surface area contributed by atoms with Gasteiger partial charge < -0.3 is 15.5 Å². The van der Waals surface area contributed by atoms with Crippen LogP contribution in [0.3, 0.4) is 0 Å². The van der Waals surface area contributed by atoms with E-state index in [1.807, 2.05) is 6.07 Å². The fourth-order valence-corrected chi connectivity index (χ4v) is 5.65. The summed E-state index contributed by atoms with van der Waals surface area (Å²) in [5.41, 5.74) is -5.92. The molecule has 0 amide bonds. The van der Waals surface area contributed by atoms with Crippen molar-refractivity contribution < 1.29 is 23.8 Å². The summed E-state index contributed by atoms with van der Waals surface area (Å²) in [5.74, 6) is -0.985. The number of rotatable bonds is 9. The molecule has 7 nitrogen and oxygen atoms in total. The van der Waals surface area contributed by atoms with Crippen LogP contribution in [0.5, 0.6) is 0 Å². The van der Waals surface area contributed by atoms with Crippen LogP contribution < -0.4 is 5.32 Å². The Morgan fingerprint density at radius 3 is 2.40 bits per heavy atom. The van der Waals surface area contributed by atoms with Crippen molar-refractivity contribution in [3.63, 3.8) is 0 Å². The fraction of sp³-hybridized carbons (Fsp3) is 0.367. The Hall–Kier alpha value is -3.26. The zero-order chi connectivity index (χ0) is 29.1. The van der Waals surface area contributed by atoms with Crippen molar-refractivity contribution in [3.8, 4) is 6.07 Å². The van der Waals surface area contributed by atoms with Crippen LogP contribution >= 0.6 is 11.6 Å². The van der Waals surface area contributed by atoms with E-state index in [1.54, 1.807) is 19.1 Å². The van der Waals surface area contributed by atoms with Crippen molar-refractivity contribution in [1.82, 2.24) is 15.2 Å². The maximum Gasteiger partial charge on any atom is 0.174 e. The van der Waals surface area contributed by atoms with Gasteiger partial charge in [-0.2, -0.15) is 5.26 Å². The van der Waals surface area contributed by atoms with Crippen LogP contribution in [0.4, 0.5) is 8.78 Å². The number of carbonyl (C=O) groups excluding carboxylic acids is 1. The van der Waals surface area contributed by atoms with Gasteiger partial charge in [0.1, 0.15) is 23.2 Å². The van der Waals surface area contributed by atoms with Crippen LogP contribution in [0.1, 0.15) is 64.5 Å². The number of aldehydes is 1. The highest BCUT2D eigenvalue weighted by molar-refractivity contribution is 6.30. The summed E-state index contributed by atoms with van der Waals surface area (Å²) in [6.07, 6.45) is 1.76. The molecule has 1 saturated heterocycles. The van der Waals surface area contributed by atoms with Crippen molar-refractivity contribution in [3.05, 3.63) is 99.1 Å². The average Bonchev–Trinajstić information content (AvgIpc) is 2.96. The van der Waals surface area contributed by atoms with E-state index in [0.717, 1.165) is 6.07 Å². The lowest BCUT2D eigenvalue weighted by Crippen LogP contribution is -2.54. The molecule has 1 aliphatic heterocycles. The molecule has 1 fully saturated rings. The Labute approximate surface area is 237 Å². The molecule has 210 valence electrons. The third kappa shape index (κ3) is 5.26. The number of carbonyl (C=O) groups is 1. The summed E-state index contributed by atoms with van der Waals surface area (Å²) < 4.78 is 32.4. The maximum atomic E-state index is 16.2. The smallest absolute Gasteiger partial charge is 0.174 e. The zero-order valence-electron chi connectivity index (χ0n) is 22.3. The van der Waals surface area contributed by atoms with Crippen molar-refractivity contribution in [2.24, 2.45) is 0 Å². The van der Waals surface area contributed by atoms with E-state index in [-0.39, 0.29) is 48.1 Å². The third-order valence-electron chi connectivity index (χ3n) is 7.88. The summed E-state index contributed by atoms with van der Waals surface area (Å²) in [4.78, 5) is 18.1. The predicted octanol–water partition coefficient (Wildman–Crippen LogP) is 4.57. The lowest BCUT2D eigenvalue weighted by Gasteiger charge is -2.44. The number of benzene rings is 2. The zero-order valence-corrected chi connectivity index (χ0v) is 23.1. The fourth-order valence-electron chi connectivity index (χ4n) is 5.52. The number of alkyl halides is 1. The van der Waals surface area contributed by atoms with Crippen LogP contribution in [-0.2, 0) is 17.9 Å². The van der Waals surface area contributed by atoms with Crippen LogP contribution in [0.15, 0.2) is 54.7 Å². The summed E-state index contributed by atoms with van der Waals surface area (Å²) in [7, 11) is 1.53. The number of halogens is 3. The van der Waals surface area contributed by atoms with Gasteiger partial charge in [-0.1, -0.05) is 30.7 Å². The molecular weight excluding hydrogens is 538 g/mol. The first-order valence-electron chi connectivity index (χ1n) is 13.0. The van der Waals surface area contributed by atoms with Crippen molar-refractivity contribution in [2.45, 2.75) is 49.7 Å². The first-order valence-corrected chi connectivity index (χ1v) is 13.4. The van der Waals surface area contributed by atoms with E-state index in [9.17, 15) is 15.0 Å². The molecule has 1 aromatic heterocycles. The third-order valence-corrected chi connectivity index (χ3v) is 8.13. The lowest BCUT2D eigenvalue weighted by molar-refractivity contribution is -0.127. The number of nitrogens with zero attached hydrogens (tertiary/aromatic N) is 3. The van der Waals surface area contributed by atoms with Crippen LogP contribution in [0.25, 0.3) is 0 Å². The largest absolute Gasteiger partial charge is 0.382 e. The molecular formula is C30H31ClF2N4O3. The number of hydrogen-bond donors (Lipinski definition) is 3. The van der Waals surface area contributed by atoms with Crippen LogP contribution in [0.2, 0.25) is 5.02 Å². The summed E-state index contributed by atoms with van der Waals surface area (Å²) in [5, 5.41) is 36.4. The summed E-state index contributed by atoms with van der Waals surface area (Å²) in [6.45, 7) is 2.32. The monoisotopic (exact) mass is 568 g/mol. The second kappa shape index (κ2) is 11.7. The quantitative estimate of drug-likeness (QED) is 0.256. The van der Waals surface area contributed by atoms with E-state index in [2.05, 4.69) is 10.3 Å². The first-order chi connectivity index (χ1) is 19.0. The highest BCUT2D eigenvalue weighted by atomic mass is 35.5. The molecule has 1 aliphatic rings. The van der Waals surface area contributed by atoms with Crippen molar-refractivity contribution >= 4 is 17.9 Å². The number of nitrogens with one attached hydrogen (secondary N) is 1. The number of pyridine rings is 1. The molecule has 10 heteroatoms. The Kier molecular flexibility index (Phi) is 8.69. The van der Waals surface area contributed by atoms with Gasteiger partial charge in [0.15, 0.2) is 12.0 Å². The normalized spacial score (nSPS) is 18.0. The summed E-state index contributed by atoms with van der Waals surface area (Å²) in [6, 6.07) is 13.5. The maximum absolute atomic E-state index is 16.2. The topological polar surface area (TPSA) is 109 Å². The molecule has 0 aliphatic carbocycles. The van der Waals surface area contributed by atoms with Gasteiger partial charge in [-0.05, 0) is 81.4 Å². The van der Waals surface area contributed by atoms with Crippen molar-refractivity contribution in [2.75, 3.05) is 20.1 Å². The molecule has 2 aromatic carbocycles. The van der Waals surface area contributed by atoms with Gasteiger partial charge in [0, 0.05) is 34.5 Å². The number of aliphatic hydroxyl groups is 2. The number of hydrogen-bond acceptors (Lipinski definition) is 7. The molecule has 3 aromatic rings. The molecule has 2 atom stereocenters. The molecule has 4 rings (SSSR count). The van der Waals surface area contributed by atoms with E-state index in [4.69, 9.17) is 16.9 Å². The number of aromatic nitrogens is 1. The van der Waals surface area contributed by atoms with E-state index >= 15 is 8.78 Å². The van der Waals surface area contributed by atoms with Gasteiger partial charge in [-0.15, -0.1) is 0 Å². The van der Waals surface area contributed by atoms with E-state index in [1.165, 1.54) is 48.5 Å². The minimum atomic E-state index is -2.20. The molecule has 1 unspecified atom stereocenters. The van der Waals surface area contributed by atoms with Crippen LogP contribution in [-0.4, -0.2) is 52.2 Å². The van der Waals surface area contributed by atoms with E-state index < -0.39 is 22.8 Å². The highest BCUT2D eigenvalue weighted by Gasteiger charge is 2.52. The Morgan fingerprint density at radius 1 is 1.18 bits per heavy atom. The second-order valence-corrected chi connectivity index (χ2v) is 10.6. The van der Waals surface area contributed by atoms with Gasteiger partial charge >= 0.3 is 0 Å². The number of nitriles is 1. The average molecular weight is 569 g/mol. The highest BCUT2D eigenvalue weighted by Crippen LogP contribution is 2.46. The SMILES string of the molecule is CCC(O)(c1cc(F)c([C@](O)(c2ccc(Cl)cc2)N(C)Cc2ccc(C#N)cn2)c(C=O)c1)C1(F)CCNCC1. The Morgan fingerprint density at radius 2 is 1.85 bits per heavy atom.